The molecular weight excluding hydrogens is 210 g/mol. The molecule has 0 aliphatic rings. The van der Waals surface area contributed by atoms with Crippen LogP contribution in [0.25, 0.3) is 20.2 Å². The topological polar surface area (TPSA) is 12.9 Å². The van der Waals surface area contributed by atoms with Gasteiger partial charge in [0.25, 0.3) is 0 Å². The average molecular weight is 217 g/mol. The van der Waals surface area contributed by atoms with Crippen molar-refractivity contribution >= 4 is 44.1 Å². The van der Waals surface area contributed by atoms with Crippen molar-refractivity contribution < 1.29 is 0 Å². The van der Waals surface area contributed by atoms with E-state index in [0.29, 0.717) is 0 Å². The van der Waals surface area contributed by atoms with Crippen LogP contribution in [0.4, 0.5) is 0 Å². The van der Waals surface area contributed by atoms with Gasteiger partial charge in [0, 0.05) is 32.8 Å². The van der Waals surface area contributed by atoms with Crippen molar-refractivity contribution in [2.75, 3.05) is 0 Å². The third-order valence-corrected chi connectivity index (χ3v) is 3.64. The molecule has 0 aliphatic heterocycles. The molecule has 3 rings (SSSR count). The summed E-state index contributed by atoms with van der Waals surface area (Å²) < 4.78 is 2.52. The first kappa shape index (κ1) is 8.26. The van der Waals surface area contributed by atoms with Gasteiger partial charge < -0.3 is 0 Å². The summed E-state index contributed by atoms with van der Waals surface area (Å²) in [6.07, 6.45) is 3.75. The van der Waals surface area contributed by atoms with E-state index >= 15 is 0 Å². The van der Waals surface area contributed by atoms with Crippen molar-refractivity contribution in [1.29, 1.82) is 0 Å². The molecule has 0 spiro atoms. The summed E-state index contributed by atoms with van der Waals surface area (Å²) in [5.41, 5.74) is 0. The Morgan fingerprint density at radius 1 is 1.07 bits per heavy atom. The highest BCUT2D eigenvalue weighted by Crippen LogP contribution is 2.33. The largest absolute Gasteiger partial charge is 0.263 e. The Morgan fingerprint density at radius 2 is 1.93 bits per heavy atom. The lowest BCUT2D eigenvalue weighted by atomic mass is 10.2. The Labute approximate surface area is 90.8 Å². The molecule has 2 heterocycles. The van der Waals surface area contributed by atoms with Gasteiger partial charge in [0.15, 0.2) is 0 Å². The van der Waals surface area contributed by atoms with E-state index in [2.05, 4.69) is 35.8 Å². The predicted octanol–water partition coefficient (Wildman–Crippen LogP) is 3.74. The van der Waals surface area contributed by atoms with Crippen molar-refractivity contribution in [3.05, 3.63) is 36.7 Å². The molecule has 0 radical (unpaired) electrons. The highest BCUT2D eigenvalue weighted by Gasteiger charge is 2.03. The van der Waals surface area contributed by atoms with Gasteiger partial charge in [-0.05, 0) is 18.2 Å². The zero-order valence-corrected chi connectivity index (χ0v) is 8.98. The molecule has 68 valence electrons. The quantitative estimate of drug-likeness (QED) is 0.566. The van der Waals surface area contributed by atoms with E-state index in [9.17, 15) is 0 Å². The highest BCUT2D eigenvalue weighted by atomic mass is 32.1. The molecule has 0 aliphatic carbocycles. The number of thiophene rings is 1. The maximum Gasteiger partial charge on any atom is 0.0538 e. The molecule has 0 bridgehead atoms. The molecule has 0 N–H and O–H groups in total. The molecule has 14 heavy (non-hydrogen) atoms. The molecule has 1 nitrogen and oxygen atoms in total. The summed E-state index contributed by atoms with van der Waals surface area (Å²) in [7, 11) is 0. The Bertz CT molecular complexity index is 613. The highest BCUT2D eigenvalue weighted by molar-refractivity contribution is 7.80. The third kappa shape index (κ3) is 1.13. The van der Waals surface area contributed by atoms with Crippen LogP contribution in [0, 0.1) is 0 Å². The maximum atomic E-state index is 4.33. The fraction of sp³-hybridized carbons (Fsp3) is 0. The molecule has 0 saturated heterocycles. The van der Waals surface area contributed by atoms with Crippen LogP contribution in [0.2, 0.25) is 0 Å². The van der Waals surface area contributed by atoms with E-state index in [4.69, 9.17) is 0 Å². The number of rotatable bonds is 0. The van der Waals surface area contributed by atoms with Crippen molar-refractivity contribution in [3.8, 4) is 0 Å². The summed E-state index contributed by atoms with van der Waals surface area (Å²) in [6, 6.07) is 8.31. The minimum Gasteiger partial charge on any atom is -0.263 e. The van der Waals surface area contributed by atoms with Crippen LogP contribution in [0.1, 0.15) is 0 Å². The number of aromatic nitrogens is 1. The van der Waals surface area contributed by atoms with Gasteiger partial charge in [0.1, 0.15) is 0 Å². The van der Waals surface area contributed by atoms with E-state index in [1.165, 1.54) is 20.2 Å². The number of hydrogen-bond acceptors (Lipinski definition) is 3. The van der Waals surface area contributed by atoms with Gasteiger partial charge in [0.05, 0.1) is 4.70 Å². The van der Waals surface area contributed by atoms with Gasteiger partial charge in [0.2, 0.25) is 0 Å². The van der Waals surface area contributed by atoms with Gasteiger partial charge >= 0.3 is 0 Å². The summed E-state index contributed by atoms with van der Waals surface area (Å²) in [5.74, 6) is 0. The summed E-state index contributed by atoms with van der Waals surface area (Å²) in [5, 5.41) is 2.58. The average Bonchev–Trinajstić information content (AvgIpc) is 2.54. The van der Waals surface area contributed by atoms with Gasteiger partial charge in [-0.2, -0.15) is 0 Å². The monoisotopic (exact) mass is 217 g/mol. The second-order valence-electron chi connectivity index (χ2n) is 3.15. The molecule has 3 heteroatoms. The van der Waals surface area contributed by atoms with E-state index in [-0.39, 0.29) is 0 Å². The third-order valence-electron chi connectivity index (χ3n) is 2.26. The standard InChI is InChI=1S/C11H7NS2/c13-7-1-2-8-9-3-4-12-6-11(9)14-10(8)5-7/h1-6,13H. The minimum absolute atomic E-state index is 1.01. The van der Waals surface area contributed by atoms with Gasteiger partial charge in [-0.1, -0.05) is 6.07 Å². The normalized spacial score (nSPS) is 11.2. The molecule has 3 aromatic rings. The van der Waals surface area contributed by atoms with Crippen LogP contribution in [0.15, 0.2) is 41.6 Å². The Balaban J connectivity index is 2.57. The first-order valence-electron chi connectivity index (χ1n) is 4.30. The van der Waals surface area contributed by atoms with E-state index < -0.39 is 0 Å². The lowest BCUT2D eigenvalue weighted by molar-refractivity contribution is 1.37. The summed E-state index contributed by atoms with van der Waals surface area (Å²) in [6.45, 7) is 0. The lowest BCUT2D eigenvalue weighted by Crippen LogP contribution is -1.68. The van der Waals surface area contributed by atoms with Crippen LogP contribution in [-0.2, 0) is 0 Å². The first-order chi connectivity index (χ1) is 6.84. The van der Waals surface area contributed by atoms with E-state index in [1.807, 2.05) is 18.5 Å². The van der Waals surface area contributed by atoms with Crippen LogP contribution < -0.4 is 0 Å². The number of benzene rings is 1. The fourth-order valence-corrected chi connectivity index (χ4v) is 3.02. The van der Waals surface area contributed by atoms with E-state index in [0.717, 1.165) is 4.90 Å². The molecule has 1 aromatic carbocycles. The minimum atomic E-state index is 1.01. The van der Waals surface area contributed by atoms with Crippen LogP contribution >= 0.6 is 24.0 Å². The Hall–Kier alpha value is -1.06. The van der Waals surface area contributed by atoms with Crippen LogP contribution in [0.5, 0.6) is 0 Å². The molecule has 0 amide bonds. The molecule has 2 aromatic heterocycles. The maximum absolute atomic E-state index is 4.33. The van der Waals surface area contributed by atoms with Crippen molar-refractivity contribution in [3.63, 3.8) is 0 Å². The molecule has 0 atom stereocenters. The zero-order chi connectivity index (χ0) is 9.54. The summed E-state index contributed by atoms with van der Waals surface area (Å²) >= 11 is 6.10. The fourth-order valence-electron chi connectivity index (χ4n) is 1.62. The summed E-state index contributed by atoms with van der Waals surface area (Å²) in [4.78, 5) is 5.13. The van der Waals surface area contributed by atoms with Gasteiger partial charge in [-0.15, -0.1) is 24.0 Å². The number of nitrogens with zero attached hydrogens (tertiary/aromatic N) is 1. The number of fused-ring (bicyclic) bond motifs is 3. The van der Waals surface area contributed by atoms with Crippen LogP contribution in [-0.4, -0.2) is 4.98 Å². The second-order valence-corrected chi connectivity index (χ2v) is 4.75. The second kappa shape index (κ2) is 2.97. The van der Waals surface area contributed by atoms with E-state index in [1.54, 1.807) is 11.3 Å². The SMILES string of the molecule is Sc1ccc2c(c1)sc1cnccc12. The van der Waals surface area contributed by atoms with Crippen molar-refractivity contribution in [2.45, 2.75) is 4.90 Å². The zero-order valence-electron chi connectivity index (χ0n) is 7.27. The number of thiol groups is 1. The number of pyridine rings is 1. The number of hydrogen-bond donors (Lipinski definition) is 1. The van der Waals surface area contributed by atoms with Crippen LogP contribution in [0.3, 0.4) is 0 Å². The smallest absolute Gasteiger partial charge is 0.0538 e. The Kier molecular flexibility index (Phi) is 1.75. The molecular formula is C11H7NS2. The van der Waals surface area contributed by atoms with Gasteiger partial charge in [-0.25, -0.2) is 0 Å². The van der Waals surface area contributed by atoms with Crippen molar-refractivity contribution in [2.24, 2.45) is 0 Å². The lowest BCUT2D eigenvalue weighted by Gasteiger charge is -1.91. The molecule has 0 saturated carbocycles. The molecule has 0 unspecified atom stereocenters. The predicted molar refractivity (Wildman–Crippen MR) is 64.4 cm³/mol. The first-order valence-corrected chi connectivity index (χ1v) is 5.56. The van der Waals surface area contributed by atoms with Gasteiger partial charge in [-0.3, -0.25) is 4.98 Å². The van der Waals surface area contributed by atoms with Crippen molar-refractivity contribution in [1.82, 2.24) is 4.98 Å². The Morgan fingerprint density at radius 3 is 2.86 bits per heavy atom. The molecule has 0 fully saturated rings.